The average Bonchev–Trinajstić information content (AvgIpc) is 3.20. The molecule has 1 heterocycles. The molecule has 2 saturated carbocycles. The molecule has 106 valence electrons. The summed E-state index contributed by atoms with van der Waals surface area (Å²) in [6.45, 7) is 0. The van der Waals surface area contributed by atoms with Gasteiger partial charge in [-0.15, -0.1) is 0 Å². The second-order valence-corrected chi connectivity index (χ2v) is 6.60. The van der Waals surface area contributed by atoms with E-state index in [2.05, 4.69) is 11.4 Å². The number of carbonyl (C=O) groups is 1. The minimum atomic E-state index is -0.314. The van der Waals surface area contributed by atoms with E-state index in [-0.39, 0.29) is 12.0 Å². The summed E-state index contributed by atoms with van der Waals surface area (Å²) in [6, 6.07) is 6.04. The van der Waals surface area contributed by atoms with Crippen molar-refractivity contribution in [2.45, 2.75) is 44.6 Å². The molecular weight excluding hydrogens is 250 g/mol. The third kappa shape index (κ3) is 1.96. The molecular formula is C17H21NO2. The molecule has 0 saturated heterocycles. The Morgan fingerprint density at radius 2 is 1.90 bits per heavy atom. The Morgan fingerprint density at radius 3 is 2.65 bits per heavy atom. The number of carbonyl (C=O) groups excluding carboxylic acids is 1. The number of aryl methyl sites for hydroxylation is 1. The lowest BCUT2D eigenvalue weighted by Crippen LogP contribution is -2.19. The Labute approximate surface area is 119 Å². The minimum Gasteiger partial charge on any atom is -0.388 e. The molecule has 2 aliphatic carbocycles. The van der Waals surface area contributed by atoms with Gasteiger partial charge in [0.05, 0.1) is 6.10 Å². The molecule has 3 nitrogen and oxygen atoms in total. The largest absolute Gasteiger partial charge is 0.388 e. The van der Waals surface area contributed by atoms with Gasteiger partial charge in [0.2, 0.25) is 5.91 Å². The van der Waals surface area contributed by atoms with Crippen molar-refractivity contribution in [3.05, 3.63) is 29.3 Å². The number of anilines is 1. The van der Waals surface area contributed by atoms with E-state index in [1.54, 1.807) is 0 Å². The van der Waals surface area contributed by atoms with E-state index in [0.717, 1.165) is 29.5 Å². The molecule has 0 spiro atoms. The Kier molecular flexibility index (Phi) is 2.84. The highest BCUT2D eigenvalue weighted by molar-refractivity contribution is 5.93. The highest BCUT2D eigenvalue weighted by atomic mass is 16.3. The van der Waals surface area contributed by atoms with Crippen LogP contribution in [0.25, 0.3) is 0 Å². The van der Waals surface area contributed by atoms with E-state index in [9.17, 15) is 9.90 Å². The molecule has 0 radical (unpaired) electrons. The summed E-state index contributed by atoms with van der Waals surface area (Å²) in [5, 5.41) is 13.6. The van der Waals surface area contributed by atoms with Crippen molar-refractivity contribution in [3.63, 3.8) is 0 Å². The molecule has 1 aromatic rings. The van der Waals surface area contributed by atoms with Gasteiger partial charge in [0.1, 0.15) is 0 Å². The number of rotatable bonds is 2. The van der Waals surface area contributed by atoms with Gasteiger partial charge in [0.25, 0.3) is 0 Å². The first-order valence-electron chi connectivity index (χ1n) is 7.85. The van der Waals surface area contributed by atoms with Gasteiger partial charge in [0.15, 0.2) is 0 Å². The summed E-state index contributed by atoms with van der Waals surface area (Å²) in [6.07, 6.45) is 6.30. The van der Waals surface area contributed by atoms with E-state index in [1.165, 1.54) is 31.2 Å². The zero-order chi connectivity index (χ0) is 13.7. The fourth-order valence-corrected chi connectivity index (χ4v) is 4.33. The number of benzene rings is 1. The molecule has 2 N–H and O–H groups in total. The summed E-state index contributed by atoms with van der Waals surface area (Å²) in [5.41, 5.74) is 3.13. The van der Waals surface area contributed by atoms with Crippen LogP contribution < -0.4 is 5.32 Å². The lowest BCUT2D eigenvalue weighted by molar-refractivity contribution is -0.116. The molecule has 2 fully saturated rings. The molecule has 0 aromatic heterocycles. The van der Waals surface area contributed by atoms with Gasteiger partial charge >= 0.3 is 0 Å². The van der Waals surface area contributed by atoms with Gasteiger partial charge in [-0.25, -0.2) is 0 Å². The SMILES string of the molecule is O=C1CCc2cc(C(O)C3C4CCCCC43)ccc2N1. The number of fused-ring (bicyclic) bond motifs is 2. The van der Waals surface area contributed by atoms with Crippen LogP contribution in [0.4, 0.5) is 5.69 Å². The maximum absolute atomic E-state index is 11.4. The molecule has 20 heavy (non-hydrogen) atoms. The van der Waals surface area contributed by atoms with E-state index in [0.29, 0.717) is 12.3 Å². The van der Waals surface area contributed by atoms with Crippen LogP contribution in [0.3, 0.4) is 0 Å². The molecule has 3 unspecified atom stereocenters. The third-order valence-electron chi connectivity index (χ3n) is 5.45. The normalized spacial score (nSPS) is 32.9. The lowest BCUT2D eigenvalue weighted by Gasteiger charge is -2.19. The maximum atomic E-state index is 11.4. The zero-order valence-electron chi connectivity index (χ0n) is 11.6. The number of hydrogen-bond acceptors (Lipinski definition) is 2. The van der Waals surface area contributed by atoms with Gasteiger partial charge in [-0.3, -0.25) is 4.79 Å². The van der Waals surface area contributed by atoms with Gasteiger partial charge in [-0.05, 0) is 54.2 Å². The zero-order valence-corrected chi connectivity index (χ0v) is 11.6. The van der Waals surface area contributed by atoms with Gasteiger partial charge < -0.3 is 10.4 Å². The van der Waals surface area contributed by atoms with Crippen LogP contribution in [-0.2, 0) is 11.2 Å². The third-order valence-corrected chi connectivity index (χ3v) is 5.45. The minimum absolute atomic E-state index is 0.0963. The van der Waals surface area contributed by atoms with Crippen LogP contribution in [0, 0.1) is 17.8 Å². The fraction of sp³-hybridized carbons (Fsp3) is 0.588. The quantitative estimate of drug-likeness (QED) is 0.868. The van der Waals surface area contributed by atoms with Crippen LogP contribution in [0.5, 0.6) is 0 Å². The number of nitrogens with one attached hydrogen (secondary N) is 1. The Hall–Kier alpha value is -1.35. The summed E-state index contributed by atoms with van der Waals surface area (Å²) >= 11 is 0. The van der Waals surface area contributed by atoms with E-state index >= 15 is 0 Å². The van der Waals surface area contributed by atoms with Crippen LogP contribution in [0.2, 0.25) is 0 Å². The van der Waals surface area contributed by atoms with Crippen molar-refractivity contribution >= 4 is 11.6 Å². The predicted octanol–water partition coefficient (Wildman–Crippen LogP) is 3.04. The molecule has 4 rings (SSSR count). The molecule has 1 amide bonds. The number of hydrogen-bond donors (Lipinski definition) is 2. The topological polar surface area (TPSA) is 49.3 Å². The van der Waals surface area contributed by atoms with Crippen LogP contribution in [0.1, 0.15) is 49.3 Å². The van der Waals surface area contributed by atoms with E-state index < -0.39 is 0 Å². The molecule has 3 atom stereocenters. The predicted molar refractivity (Wildman–Crippen MR) is 77.3 cm³/mol. The monoisotopic (exact) mass is 271 g/mol. The molecule has 0 bridgehead atoms. The van der Waals surface area contributed by atoms with Gasteiger partial charge in [-0.2, -0.15) is 0 Å². The van der Waals surface area contributed by atoms with Crippen molar-refractivity contribution in [3.8, 4) is 0 Å². The van der Waals surface area contributed by atoms with Crippen molar-refractivity contribution in [2.75, 3.05) is 5.32 Å². The highest BCUT2D eigenvalue weighted by Gasteiger charge is 2.54. The first-order valence-corrected chi connectivity index (χ1v) is 7.85. The summed E-state index contributed by atoms with van der Waals surface area (Å²) in [7, 11) is 0. The van der Waals surface area contributed by atoms with Crippen LogP contribution >= 0.6 is 0 Å². The maximum Gasteiger partial charge on any atom is 0.224 e. The van der Waals surface area contributed by atoms with Gasteiger partial charge in [-0.1, -0.05) is 25.0 Å². The summed E-state index contributed by atoms with van der Waals surface area (Å²) in [5.74, 6) is 2.09. The van der Waals surface area contributed by atoms with Crippen LogP contribution in [-0.4, -0.2) is 11.0 Å². The number of amides is 1. The Bertz CT molecular complexity index is 542. The van der Waals surface area contributed by atoms with Crippen molar-refractivity contribution in [1.82, 2.24) is 0 Å². The first kappa shape index (κ1) is 12.4. The molecule has 1 aliphatic heterocycles. The summed E-state index contributed by atoms with van der Waals surface area (Å²) < 4.78 is 0. The smallest absolute Gasteiger partial charge is 0.224 e. The molecule has 3 heteroatoms. The van der Waals surface area contributed by atoms with Gasteiger partial charge in [0, 0.05) is 12.1 Å². The van der Waals surface area contributed by atoms with Crippen molar-refractivity contribution in [2.24, 2.45) is 17.8 Å². The average molecular weight is 271 g/mol. The summed E-state index contributed by atoms with van der Waals surface area (Å²) in [4.78, 5) is 11.4. The second-order valence-electron chi connectivity index (χ2n) is 6.60. The Morgan fingerprint density at radius 1 is 1.15 bits per heavy atom. The highest BCUT2D eigenvalue weighted by Crippen LogP contribution is 2.60. The number of aliphatic hydroxyl groups excluding tert-OH is 1. The van der Waals surface area contributed by atoms with E-state index in [4.69, 9.17) is 0 Å². The molecule has 1 aromatic carbocycles. The van der Waals surface area contributed by atoms with Crippen LogP contribution in [0.15, 0.2) is 18.2 Å². The molecule has 3 aliphatic rings. The number of aliphatic hydroxyl groups is 1. The van der Waals surface area contributed by atoms with E-state index in [1.807, 2.05) is 12.1 Å². The lowest BCUT2D eigenvalue weighted by atomic mass is 9.96. The Balaban J connectivity index is 1.55. The fourth-order valence-electron chi connectivity index (χ4n) is 4.33. The van der Waals surface area contributed by atoms with Crippen molar-refractivity contribution in [1.29, 1.82) is 0 Å². The first-order chi connectivity index (χ1) is 9.74. The van der Waals surface area contributed by atoms with Crippen molar-refractivity contribution < 1.29 is 9.90 Å². The standard InChI is InChI=1S/C17H21NO2/c19-15-8-6-10-9-11(5-7-14(10)18-15)17(20)16-12-3-1-2-4-13(12)16/h5,7,9,12-13,16-17,20H,1-4,6,8H2,(H,18,19). The second kappa shape index (κ2) is 4.59.